The number of Topliss-reactive ketones (excluding diaryl/α,β-unsaturated/α-hetero) is 1. The number of rotatable bonds is 3. The van der Waals surface area contributed by atoms with E-state index in [1.165, 1.54) is 0 Å². The van der Waals surface area contributed by atoms with Crippen molar-refractivity contribution in [3.05, 3.63) is 22.7 Å². The molecule has 1 aromatic heterocycles. The Bertz CT molecular complexity index is 635. The largest absolute Gasteiger partial charge is 0.394 e. The second kappa shape index (κ2) is 4.83. The van der Waals surface area contributed by atoms with E-state index in [1.54, 1.807) is 0 Å². The summed E-state index contributed by atoms with van der Waals surface area (Å²) in [5.74, 6) is -5.60. The Morgan fingerprint density at radius 2 is 2.24 bits per heavy atom. The zero-order valence-electron chi connectivity index (χ0n) is 10.9. The molecule has 0 unspecified atom stereocenters. The van der Waals surface area contributed by atoms with E-state index in [2.05, 4.69) is 4.98 Å². The summed E-state index contributed by atoms with van der Waals surface area (Å²) in [5.41, 5.74) is 0.941. The maximum atomic E-state index is 14.4. The predicted molar refractivity (Wildman–Crippen MR) is 64.5 cm³/mol. The first-order chi connectivity index (χ1) is 9.68. The summed E-state index contributed by atoms with van der Waals surface area (Å²) in [6.07, 6.45) is -3.36. The van der Waals surface area contributed by atoms with E-state index in [1.807, 2.05) is 0 Å². The number of hydrogen-bond acceptors (Lipinski definition) is 7. The molecule has 4 N–H and O–H groups in total. The van der Waals surface area contributed by atoms with Crippen molar-refractivity contribution < 1.29 is 28.5 Å². The molecule has 0 spiro atoms. The molecule has 1 aliphatic heterocycles. The summed E-state index contributed by atoms with van der Waals surface area (Å²) in [7, 11) is 0. The summed E-state index contributed by atoms with van der Waals surface area (Å²) < 4.78 is 33.9. The first-order valence-electron chi connectivity index (χ1n) is 5.89. The van der Waals surface area contributed by atoms with E-state index in [0.29, 0.717) is 0 Å². The minimum absolute atomic E-state index is 0.226. The van der Waals surface area contributed by atoms with E-state index in [-0.39, 0.29) is 10.4 Å². The molecule has 1 fully saturated rings. The lowest BCUT2D eigenvalue weighted by Crippen LogP contribution is -2.59. The van der Waals surface area contributed by atoms with Crippen molar-refractivity contribution in [3.8, 4) is 0 Å². The van der Waals surface area contributed by atoms with E-state index in [0.717, 1.165) is 19.2 Å². The first-order valence-corrected chi connectivity index (χ1v) is 5.89. The van der Waals surface area contributed by atoms with Gasteiger partial charge < -0.3 is 20.7 Å². The lowest BCUT2D eigenvalue weighted by molar-refractivity contribution is -0.215. The molecule has 3 atom stereocenters. The molecule has 2 rings (SSSR count). The van der Waals surface area contributed by atoms with Gasteiger partial charge in [0.2, 0.25) is 0 Å². The number of nitrogens with two attached hydrogens (primary N) is 1. The van der Waals surface area contributed by atoms with Crippen LogP contribution in [0.1, 0.15) is 6.92 Å². The molecule has 0 radical (unpaired) electrons. The van der Waals surface area contributed by atoms with E-state index < -0.39 is 41.9 Å². The van der Waals surface area contributed by atoms with Crippen LogP contribution in [0.2, 0.25) is 0 Å². The highest BCUT2D eigenvalue weighted by atomic mass is 19.3. The molecular formula is C11H13F2N3O5. The average Bonchev–Trinajstić information content (AvgIpc) is 2.59. The summed E-state index contributed by atoms with van der Waals surface area (Å²) in [5, 5.41) is 18.6. The average molecular weight is 305 g/mol. The number of aliphatic hydroxyl groups is 2. The van der Waals surface area contributed by atoms with Crippen LogP contribution in [-0.2, 0) is 15.3 Å². The first kappa shape index (κ1) is 15.5. The zero-order chi connectivity index (χ0) is 16.0. The smallest absolute Gasteiger partial charge is 0.352 e. The van der Waals surface area contributed by atoms with Gasteiger partial charge in [-0.1, -0.05) is 0 Å². The number of hydrogen-bond donors (Lipinski definition) is 3. The second-order valence-electron chi connectivity index (χ2n) is 4.61. The Morgan fingerprint density at radius 3 is 2.67 bits per heavy atom. The van der Waals surface area contributed by atoms with Crippen molar-refractivity contribution in [3.63, 3.8) is 0 Å². The molecule has 1 aliphatic rings. The topological polar surface area (TPSA) is 128 Å². The second-order valence-corrected chi connectivity index (χ2v) is 4.61. The number of anilines is 1. The Hall–Kier alpha value is -1.91. The third kappa shape index (κ3) is 1.94. The van der Waals surface area contributed by atoms with Gasteiger partial charge in [-0.2, -0.15) is 13.8 Å². The van der Waals surface area contributed by atoms with Crippen molar-refractivity contribution in [1.82, 2.24) is 9.55 Å². The monoisotopic (exact) mass is 305 g/mol. The number of alkyl halides is 2. The highest BCUT2D eigenvalue weighted by Gasteiger charge is 2.72. The molecule has 21 heavy (non-hydrogen) atoms. The van der Waals surface area contributed by atoms with Crippen molar-refractivity contribution in [2.75, 3.05) is 12.3 Å². The summed E-state index contributed by atoms with van der Waals surface area (Å²) in [6, 6.07) is 1.03. The van der Waals surface area contributed by atoms with Gasteiger partial charge in [-0.15, -0.1) is 0 Å². The number of aromatic nitrogens is 2. The number of carbonyl (C=O) groups is 1. The third-order valence-electron chi connectivity index (χ3n) is 3.32. The Morgan fingerprint density at radius 1 is 1.62 bits per heavy atom. The van der Waals surface area contributed by atoms with Crippen molar-refractivity contribution in [1.29, 1.82) is 0 Å². The van der Waals surface area contributed by atoms with Gasteiger partial charge in [-0.25, -0.2) is 4.79 Å². The van der Waals surface area contributed by atoms with E-state index >= 15 is 0 Å². The van der Waals surface area contributed by atoms with E-state index in [4.69, 9.17) is 15.6 Å². The van der Waals surface area contributed by atoms with Crippen LogP contribution in [0, 0.1) is 0 Å². The molecule has 2 heterocycles. The molecule has 0 bridgehead atoms. The standard InChI is InChI=1S/C11H13F2N3O5/c1-5(18)11(16-3-2-7(14)15-9(16)20)10(12,13)8(19)6(4-17)21-11/h2-3,6,8,17,19H,4H2,1H3,(H2,14,15,20)/t6-,8-,11-/m1/s1. The number of ether oxygens (including phenoxy) is 1. The lowest BCUT2D eigenvalue weighted by atomic mass is 9.97. The van der Waals surface area contributed by atoms with Crippen LogP contribution in [0.25, 0.3) is 0 Å². The molecule has 0 aliphatic carbocycles. The molecule has 0 aromatic carbocycles. The molecule has 10 heteroatoms. The lowest BCUT2D eigenvalue weighted by Gasteiger charge is -2.33. The number of nitrogen functional groups attached to an aromatic ring is 1. The molecule has 0 amide bonds. The molecule has 116 valence electrons. The van der Waals surface area contributed by atoms with Gasteiger partial charge in [0.25, 0.3) is 5.72 Å². The fourth-order valence-electron chi connectivity index (χ4n) is 2.29. The fourth-order valence-corrected chi connectivity index (χ4v) is 2.29. The van der Waals surface area contributed by atoms with Crippen LogP contribution in [0.15, 0.2) is 17.1 Å². The van der Waals surface area contributed by atoms with Gasteiger partial charge in [0.1, 0.15) is 11.9 Å². The molecular weight excluding hydrogens is 292 g/mol. The Balaban J connectivity index is 2.73. The number of nitrogens with zero attached hydrogens (tertiary/aromatic N) is 2. The number of halogens is 2. The zero-order valence-corrected chi connectivity index (χ0v) is 10.9. The van der Waals surface area contributed by atoms with E-state index in [9.17, 15) is 23.5 Å². The maximum Gasteiger partial charge on any atom is 0.352 e. The number of carbonyl (C=O) groups excluding carboxylic acids is 1. The maximum absolute atomic E-state index is 14.4. The van der Waals surface area contributed by atoms with Crippen molar-refractivity contribution >= 4 is 11.6 Å². The Labute approximate surface area is 116 Å². The molecule has 1 saturated heterocycles. The highest BCUT2D eigenvalue weighted by Crippen LogP contribution is 2.47. The quantitative estimate of drug-likeness (QED) is 0.617. The predicted octanol–water partition coefficient (Wildman–Crippen LogP) is -1.55. The SMILES string of the molecule is CC(=O)[C@@]1(n2ccc(N)nc2=O)O[C@H](CO)[C@@H](O)C1(F)F. The van der Waals surface area contributed by atoms with Crippen LogP contribution in [0.5, 0.6) is 0 Å². The van der Waals surface area contributed by atoms with Crippen molar-refractivity contribution in [2.24, 2.45) is 0 Å². The van der Waals surface area contributed by atoms with Gasteiger partial charge >= 0.3 is 11.6 Å². The molecule has 0 saturated carbocycles. The Kier molecular flexibility index (Phi) is 3.56. The third-order valence-corrected chi connectivity index (χ3v) is 3.32. The van der Waals surface area contributed by atoms with Gasteiger partial charge in [0, 0.05) is 6.20 Å². The van der Waals surface area contributed by atoms with Crippen LogP contribution >= 0.6 is 0 Å². The van der Waals surface area contributed by atoms with Gasteiger partial charge in [0.15, 0.2) is 11.9 Å². The molecule has 8 nitrogen and oxygen atoms in total. The van der Waals surface area contributed by atoms with Crippen molar-refractivity contribution in [2.45, 2.75) is 30.8 Å². The minimum atomic E-state index is -4.14. The van der Waals surface area contributed by atoms with Gasteiger partial charge in [0.05, 0.1) is 6.61 Å². The number of ketones is 1. The summed E-state index contributed by atoms with van der Waals surface area (Å²) >= 11 is 0. The fraction of sp³-hybridized carbons (Fsp3) is 0.545. The summed E-state index contributed by atoms with van der Waals surface area (Å²) in [6.45, 7) is -0.174. The minimum Gasteiger partial charge on any atom is -0.394 e. The van der Waals surface area contributed by atoms with Crippen LogP contribution in [0.4, 0.5) is 14.6 Å². The highest BCUT2D eigenvalue weighted by molar-refractivity contribution is 5.84. The van der Waals surface area contributed by atoms with Crippen LogP contribution in [-0.4, -0.2) is 50.3 Å². The van der Waals surface area contributed by atoms with Gasteiger partial charge in [-0.05, 0) is 13.0 Å². The van der Waals surface area contributed by atoms with Crippen LogP contribution < -0.4 is 11.4 Å². The normalized spacial score (nSPS) is 31.3. The molecule has 1 aromatic rings. The van der Waals surface area contributed by atoms with Crippen LogP contribution in [0.3, 0.4) is 0 Å². The number of aliphatic hydroxyl groups excluding tert-OH is 2. The summed E-state index contributed by atoms with van der Waals surface area (Å²) in [4.78, 5) is 26.9. The van der Waals surface area contributed by atoms with Gasteiger partial charge in [-0.3, -0.25) is 9.36 Å².